The first-order chi connectivity index (χ1) is 13.4. The molecule has 4 N–H and O–H groups in total. The molecule has 160 valence electrons. The van der Waals surface area contributed by atoms with Crippen LogP contribution in [0.25, 0.3) is 0 Å². The summed E-state index contributed by atoms with van der Waals surface area (Å²) >= 11 is 5.32. The molecule has 0 saturated heterocycles. The van der Waals surface area contributed by atoms with E-state index in [1.54, 1.807) is 0 Å². The lowest BCUT2D eigenvalue weighted by Gasteiger charge is -2.19. The fraction of sp³-hybridized carbons (Fsp3) is 0.381. The van der Waals surface area contributed by atoms with Gasteiger partial charge in [-0.25, -0.2) is 5.14 Å². The second kappa shape index (κ2) is 11.3. The van der Waals surface area contributed by atoms with Gasteiger partial charge in [0.2, 0.25) is 0 Å². The molecule has 8 heteroatoms. The van der Waals surface area contributed by atoms with E-state index >= 15 is 0 Å². The van der Waals surface area contributed by atoms with E-state index in [2.05, 4.69) is 72.9 Å². The zero-order chi connectivity index (χ0) is 22.1. The molecule has 2 aromatic rings. The molecule has 29 heavy (non-hydrogen) atoms. The van der Waals surface area contributed by atoms with Crippen LogP contribution in [0.3, 0.4) is 0 Å². The molecule has 0 spiro atoms. The predicted octanol–water partition coefficient (Wildman–Crippen LogP) is 2.90. The van der Waals surface area contributed by atoms with Crippen LogP contribution in [0, 0.1) is 0 Å². The van der Waals surface area contributed by atoms with Crippen LogP contribution in [0.2, 0.25) is 0 Å². The molecule has 0 bridgehead atoms. The fourth-order valence-corrected chi connectivity index (χ4v) is 2.29. The maximum Gasteiger partial charge on any atom is 0.276 e. The van der Waals surface area contributed by atoms with Crippen molar-refractivity contribution in [1.82, 2.24) is 14.9 Å². The fourth-order valence-electron chi connectivity index (χ4n) is 2.15. The smallest absolute Gasteiger partial charge is 0.276 e. The Morgan fingerprint density at radius 1 is 0.931 bits per heavy atom. The molecular formula is C21H32N4O2S2. The summed E-state index contributed by atoms with van der Waals surface area (Å²) in [5.41, 5.74) is 4.00. The van der Waals surface area contributed by atoms with Crippen molar-refractivity contribution in [2.24, 2.45) is 5.14 Å². The average Bonchev–Trinajstić information content (AvgIpc) is 2.65. The van der Waals surface area contributed by atoms with E-state index in [0.29, 0.717) is 5.11 Å². The van der Waals surface area contributed by atoms with E-state index in [4.69, 9.17) is 12.2 Å². The summed E-state index contributed by atoms with van der Waals surface area (Å²) < 4.78 is 21.0. The first-order valence-electron chi connectivity index (χ1n) is 9.25. The Balaban J connectivity index is 0.000000516. The van der Waals surface area contributed by atoms with Gasteiger partial charge in [0.05, 0.1) is 0 Å². The third-order valence-electron chi connectivity index (χ3n) is 4.08. The third kappa shape index (κ3) is 10.4. The van der Waals surface area contributed by atoms with Crippen molar-refractivity contribution >= 4 is 27.5 Å². The molecule has 0 aromatic heterocycles. The maximum atomic E-state index is 10.0. The Bertz CT molecular complexity index is 860. The van der Waals surface area contributed by atoms with Gasteiger partial charge in [-0.05, 0) is 34.3 Å². The molecule has 2 rings (SSSR count). The number of nitrogens with zero attached hydrogens (tertiary/aromatic N) is 1. The lowest BCUT2D eigenvalue weighted by Crippen LogP contribution is -2.34. The van der Waals surface area contributed by atoms with Crippen LogP contribution >= 0.6 is 12.2 Å². The lowest BCUT2D eigenvalue weighted by atomic mass is 9.87. The van der Waals surface area contributed by atoms with E-state index in [0.717, 1.165) is 17.4 Å². The van der Waals surface area contributed by atoms with Crippen molar-refractivity contribution in [3.63, 3.8) is 0 Å². The number of hydrogen-bond donors (Lipinski definition) is 3. The van der Waals surface area contributed by atoms with Crippen LogP contribution in [0.5, 0.6) is 0 Å². The second-order valence-electron chi connectivity index (χ2n) is 7.80. The van der Waals surface area contributed by atoms with Gasteiger partial charge in [0.1, 0.15) is 0 Å². The van der Waals surface area contributed by atoms with Gasteiger partial charge in [0.15, 0.2) is 5.11 Å². The molecule has 2 aromatic carbocycles. The molecule has 0 fully saturated rings. The quantitative estimate of drug-likeness (QED) is 0.628. The second-order valence-corrected chi connectivity index (χ2v) is 9.96. The minimum atomic E-state index is -3.41. The molecular weight excluding hydrogens is 404 g/mol. The molecule has 0 unspecified atom stereocenters. The van der Waals surface area contributed by atoms with E-state index in [9.17, 15) is 8.42 Å². The van der Waals surface area contributed by atoms with Gasteiger partial charge < -0.3 is 10.6 Å². The van der Waals surface area contributed by atoms with Crippen molar-refractivity contribution in [2.75, 3.05) is 14.1 Å². The number of rotatable bonds is 5. The van der Waals surface area contributed by atoms with Crippen molar-refractivity contribution in [3.05, 3.63) is 71.3 Å². The third-order valence-corrected chi connectivity index (χ3v) is 5.38. The van der Waals surface area contributed by atoms with Crippen LogP contribution < -0.4 is 15.8 Å². The first kappa shape index (κ1) is 25.0. The summed E-state index contributed by atoms with van der Waals surface area (Å²) in [6, 6.07) is 19.0. The van der Waals surface area contributed by atoms with Crippen molar-refractivity contribution in [3.8, 4) is 0 Å². The van der Waals surface area contributed by atoms with Gasteiger partial charge in [-0.2, -0.15) is 12.7 Å². The van der Waals surface area contributed by atoms with Crippen LogP contribution in [0.1, 0.15) is 37.5 Å². The predicted molar refractivity (Wildman–Crippen MR) is 125 cm³/mol. The minimum Gasteiger partial charge on any atom is -0.359 e. The summed E-state index contributed by atoms with van der Waals surface area (Å²) in [6.07, 6.45) is 0. The monoisotopic (exact) mass is 436 g/mol. The molecule has 0 radical (unpaired) electrons. The standard InChI is InChI=1S/C19H24N2S.C2H8N2O2S/c1-19(2,3)17-11-9-16(10-12-17)14-21-18(22)20-13-15-7-5-4-6-8-15;1-4(2)7(3,5)6/h4-12H,13-14H2,1-3H3,(H2,20,21,22);1-2H3,(H2,3,5,6). The lowest BCUT2D eigenvalue weighted by molar-refractivity contribution is 0.522. The maximum absolute atomic E-state index is 10.0. The zero-order valence-electron chi connectivity index (χ0n) is 17.8. The van der Waals surface area contributed by atoms with Crippen LogP contribution in [-0.2, 0) is 28.7 Å². The summed E-state index contributed by atoms with van der Waals surface area (Å²) in [5, 5.41) is 11.7. The molecule has 0 saturated carbocycles. The normalized spacial score (nSPS) is 11.4. The Kier molecular flexibility index (Phi) is 9.72. The van der Waals surface area contributed by atoms with Crippen LogP contribution in [0.4, 0.5) is 0 Å². The number of nitrogens with two attached hydrogens (primary N) is 1. The Hall–Kier alpha value is -2.00. The molecule has 0 aliphatic heterocycles. The number of nitrogens with one attached hydrogen (secondary N) is 2. The van der Waals surface area contributed by atoms with E-state index in [1.165, 1.54) is 30.8 Å². The molecule has 6 nitrogen and oxygen atoms in total. The summed E-state index contributed by atoms with van der Waals surface area (Å²) in [4.78, 5) is 0. The number of thiocarbonyl (C=S) groups is 1. The van der Waals surface area contributed by atoms with Gasteiger partial charge in [-0.1, -0.05) is 75.4 Å². The highest BCUT2D eigenvalue weighted by molar-refractivity contribution is 7.86. The van der Waals surface area contributed by atoms with Gasteiger partial charge in [0, 0.05) is 27.2 Å². The van der Waals surface area contributed by atoms with Crippen molar-refractivity contribution in [1.29, 1.82) is 0 Å². The average molecular weight is 437 g/mol. The van der Waals surface area contributed by atoms with E-state index in [-0.39, 0.29) is 5.41 Å². The highest BCUT2D eigenvalue weighted by Crippen LogP contribution is 2.22. The highest BCUT2D eigenvalue weighted by atomic mass is 32.2. The van der Waals surface area contributed by atoms with Crippen molar-refractivity contribution in [2.45, 2.75) is 39.3 Å². The molecule has 0 aliphatic carbocycles. The summed E-state index contributed by atoms with van der Waals surface area (Å²) in [5.74, 6) is 0. The van der Waals surface area contributed by atoms with E-state index < -0.39 is 10.2 Å². The topological polar surface area (TPSA) is 87.5 Å². The van der Waals surface area contributed by atoms with Gasteiger partial charge in [0.25, 0.3) is 10.2 Å². The van der Waals surface area contributed by atoms with Crippen LogP contribution in [-0.4, -0.2) is 31.9 Å². The van der Waals surface area contributed by atoms with Crippen LogP contribution in [0.15, 0.2) is 54.6 Å². The number of hydrogen-bond acceptors (Lipinski definition) is 3. The SMILES string of the molecule is CC(C)(C)c1ccc(CNC(=S)NCc2ccccc2)cc1.CN(C)S(N)(=O)=O. The van der Waals surface area contributed by atoms with E-state index in [1.807, 2.05) is 18.2 Å². The van der Waals surface area contributed by atoms with Gasteiger partial charge in [-0.3, -0.25) is 0 Å². The Labute approximate surface area is 180 Å². The van der Waals surface area contributed by atoms with Gasteiger partial charge in [-0.15, -0.1) is 0 Å². The largest absolute Gasteiger partial charge is 0.359 e. The Morgan fingerprint density at radius 2 is 1.34 bits per heavy atom. The van der Waals surface area contributed by atoms with Crippen molar-refractivity contribution < 1.29 is 8.42 Å². The Morgan fingerprint density at radius 3 is 1.72 bits per heavy atom. The summed E-state index contributed by atoms with van der Waals surface area (Å²) in [6.45, 7) is 8.16. The summed E-state index contributed by atoms with van der Waals surface area (Å²) in [7, 11) is -0.667. The molecule has 0 aliphatic rings. The number of benzene rings is 2. The molecule has 0 amide bonds. The molecule has 0 atom stereocenters. The molecule has 0 heterocycles. The van der Waals surface area contributed by atoms with Gasteiger partial charge >= 0.3 is 0 Å². The minimum absolute atomic E-state index is 0.193. The first-order valence-corrected chi connectivity index (χ1v) is 11.2. The zero-order valence-corrected chi connectivity index (χ0v) is 19.4. The highest BCUT2D eigenvalue weighted by Gasteiger charge is 2.12.